The summed E-state index contributed by atoms with van der Waals surface area (Å²) in [7, 11) is 0. The van der Waals surface area contributed by atoms with Crippen molar-refractivity contribution in [3.8, 4) is 0 Å². The van der Waals surface area contributed by atoms with Gasteiger partial charge in [-0.25, -0.2) is 4.39 Å². The van der Waals surface area contributed by atoms with Crippen LogP contribution >= 0.6 is 15.9 Å². The smallest absolute Gasteiger partial charge is 0.255 e. The number of benzene rings is 1. The van der Waals surface area contributed by atoms with Crippen molar-refractivity contribution in [2.75, 3.05) is 26.2 Å². The van der Waals surface area contributed by atoms with E-state index in [1.807, 2.05) is 0 Å². The largest absolute Gasteiger partial charge is 0.351 e. The lowest BCUT2D eigenvalue weighted by molar-refractivity contribution is 0.0943. The summed E-state index contributed by atoms with van der Waals surface area (Å²) < 4.78 is 14.1. The van der Waals surface area contributed by atoms with E-state index in [1.54, 1.807) is 12.1 Å². The Morgan fingerprint density at radius 3 is 2.60 bits per heavy atom. The van der Waals surface area contributed by atoms with Crippen molar-refractivity contribution in [1.82, 2.24) is 10.2 Å². The van der Waals surface area contributed by atoms with Gasteiger partial charge in [0.15, 0.2) is 0 Å². The Kier molecular flexibility index (Phi) is 5.98. The highest BCUT2D eigenvalue weighted by molar-refractivity contribution is 9.10. The van der Waals surface area contributed by atoms with Crippen molar-refractivity contribution >= 4 is 21.8 Å². The molecule has 0 radical (unpaired) electrons. The number of halogens is 2. The number of amides is 1. The predicted octanol–water partition coefficient (Wildman–Crippen LogP) is 3.19. The third-order valence-corrected chi connectivity index (χ3v) is 4.26. The van der Waals surface area contributed by atoms with Crippen LogP contribution in [0.15, 0.2) is 22.7 Å². The van der Waals surface area contributed by atoms with E-state index in [0.717, 1.165) is 19.6 Å². The summed E-state index contributed by atoms with van der Waals surface area (Å²) in [6.45, 7) is 3.58. The fourth-order valence-electron chi connectivity index (χ4n) is 2.49. The van der Waals surface area contributed by atoms with E-state index in [0.29, 0.717) is 11.0 Å². The number of carbonyl (C=O) groups is 1. The van der Waals surface area contributed by atoms with Crippen LogP contribution in [0, 0.1) is 5.82 Å². The molecule has 0 aliphatic carbocycles. The van der Waals surface area contributed by atoms with Gasteiger partial charge < -0.3 is 10.2 Å². The molecule has 3 nitrogen and oxygen atoms in total. The summed E-state index contributed by atoms with van der Waals surface area (Å²) in [4.78, 5) is 14.4. The topological polar surface area (TPSA) is 32.3 Å². The number of hydrogen-bond donors (Lipinski definition) is 1. The second-order valence-electron chi connectivity index (χ2n) is 5.11. The summed E-state index contributed by atoms with van der Waals surface area (Å²) in [6.07, 6.45) is 5.05. The van der Waals surface area contributed by atoms with Crippen LogP contribution in [0.3, 0.4) is 0 Å². The number of nitrogens with zero attached hydrogens (tertiary/aromatic N) is 1. The molecular formula is C15H20BrFN2O. The van der Waals surface area contributed by atoms with Crippen molar-refractivity contribution in [3.63, 3.8) is 0 Å². The Bertz CT molecular complexity index is 439. The molecule has 1 aliphatic heterocycles. The molecule has 1 aromatic carbocycles. The van der Waals surface area contributed by atoms with Crippen LogP contribution in [0.25, 0.3) is 0 Å². The minimum absolute atomic E-state index is 0.0865. The molecule has 20 heavy (non-hydrogen) atoms. The molecule has 1 heterocycles. The average molecular weight is 343 g/mol. The number of hydrogen-bond acceptors (Lipinski definition) is 2. The van der Waals surface area contributed by atoms with Gasteiger partial charge in [0.1, 0.15) is 5.82 Å². The molecule has 0 unspecified atom stereocenters. The lowest BCUT2D eigenvalue weighted by atomic mass is 10.2. The molecule has 0 atom stereocenters. The molecule has 2 rings (SSSR count). The van der Waals surface area contributed by atoms with E-state index in [-0.39, 0.29) is 11.5 Å². The Hall–Kier alpha value is -0.940. The first-order chi connectivity index (χ1) is 9.68. The van der Waals surface area contributed by atoms with E-state index < -0.39 is 5.82 Å². The van der Waals surface area contributed by atoms with Gasteiger partial charge in [-0.1, -0.05) is 18.9 Å². The fraction of sp³-hybridized carbons (Fsp3) is 0.533. The van der Waals surface area contributed by atoms with Gasteiger partial charge in [-0.3, -0.25) is 4.79 Å². The molecule has 0 saturated carbocycles. The Morgan fingerprint density at radius 1 is 1.25 bits per heavy atom. The van der Waals surface area contributed by atoms with Crippen molar-refractivity contribution in [2.45, 2.75) is 25.7 Å². The van der Waals surface area contributed by atoms with Gasteiger partial charge in [-0.05, 0) is 54.0 Å². The van der Waals surface area contributed by atoms with Gasteiger partial charge in [-0.15, -0.1) is 0 Å². The highest BCUT2D eigenvalue weighted by atomic mass is 79.9. The second-order valence-corrected chi connectivity index (χ2v) is 5.96. The molecule has 1 saturated heterocycles. The van der Waals surface area contributed by atoms with E-state index >= 15 is 0 Å². The SMILES string of the molecule is O=C(NCCN1CCCCCC1)c1c(F)cccc1Br. The monoisotopic (exact) mass is 342 g/mol. The second kappa shape index (κ2) is 7.74. The molecule has 1 N–H and O–H groups in total. The van der Waals surface area contributed by atoms with Crippen LogP contribution in [-0.4, -0.2) is 37.0 Å². The van der Waals surface area contributed by atoms with Crippen LogP contribution < -0.4 is 5.32 Å². The van der Waals surface area contributed by atoms with Crippen LogP contribution in [0.5, 0.6) is 0 Å². The first kappa shape index (κ1) is 15.4. The van der Waals surface area contributed by atoms with E-state index in [4.69, 9.17) is 0 Å². The predicted molar refractivity (Wildman–Crippen MR) is 81.3 cm³/mol. The molecule has 0 aromatic heterocycles. The summed E-state index contributed by atoms with van der Waals surface area (Å²) in [5.74, 6) is -0.851. The Balaban J connectivity index is 1.83. The fourth-order valence-corrected chi connectivity index (χ4v) is 3.01. The standard InChI is InChI=1S/C15H20BrFN2O/c16-12-6-5-7-13(17)14(12)15(20)18-8-11-19-9-3-1-2-4-10-19/h5-7H,1-4,8-11H2,(H,18,20). The first-order valence-corrected chi connectivity index (χ1v) is 7.92. The van der Waals surface area contributed by atoms with Crippen molar-refractivity contribution < 1.29 is 9.18 Å². The van der Waals surface area contributed by atoms with Gasteiger partial charge in [0, 0.05) is 17.6 Å². The third-order valence-electron chi connectivity index (χ3n) is 3.60. The van der Waals surface area contributed by atoms with Crippen LogP contribution in [0.4, 0.5) is 4.39 Å². The van der Waals surface area contributed by atoms with Gasteiger partial charge >= 0.3 is 0 Å². The number of rotatable bonds is 4. The lowest BCUT2D eigenvalue weighted by Crippen LogP contribution is -2.35. The van der Waals surface area contributed by atoms with E-state index in [2.05, 4.69) is 26.1 Å². The number of likely N-dealkylation sites (tertiary alicyclic amines) is 1. The zero-order valence-corrected chi connectivity index (χ0v) is 13.1. The molecule has 0 bridgehead atoms. The Labute approximate surface area is 127 Å². The van der Waals surface area contributed by atoms with Gasteiger partial charge in [0.05, 0.1) is 5.56 Å². The van der Waals surface area contributed by atoms with Crippen LogP contribution in [0.2, 0.25) is 0 Å². The van der Waals surface area contributed by atoms with Gasteiger partial charge in [0.2, 0.25) is 0 Å². The average Bonchev–Trinajstić information content (AvgIpc) is 2.67. The molecular weight excluding hydrogens is 323 g/mol. The minimum Gasteiger partial charge on any atom is -0.351 e. The normalized spacial score (nSPS) is 16.7. The molecule has 1 amide bonds. The number of nitrogens with one attached hydrogen (secondary N) is 1. The molecule has 0 spiro atoms. The minimum atomic E-state index is -0.494. The first-order valence-electron chi connectivity index (χ1n) is 7.13. The third kappa shape index (κ3) is 4.28. The van der Waals surface area contributed by atoms with Crippen LogP contribution in [-0.2, 0) is 0 Å². The highest BCUT2D eigenvalue weighted by Crippen LogP contribution is 2.19. The molecule has 1 fully saturated rings. The van der Waals surface area contributed by atoms with E-state index in [1.165, 1.54) is 31.7 Å². The molecule has 5 heteroatoms. The maximum absolute atomic E-state index is 13.6. The van der Waals surface area contributed by atoms with Gasteiger partial charge in [-0.2, -0.15) is 0 Å². The maximum Gasteiger partial charge on any atom is 0.255 e. The zero-order valence-electron chi connectivity index (χ0n) is 11.5. The van der Waals surface area contributed by atoms with Crippen molar-refractivity contribution in [1.29, 1.82) is 0 Å². The van der Waals surface area contributed by atoms with Crippen molar-refractivity contribution in [3.05, 3.63) is 34.1 Å². The van der Waals surface area contributed by atoms with Gasteiger partial charge in [0.25, 0.3) is 5.91 Å². The summed E-state index contributed by atoms with van der Waals surface area (Å²) in [5, 5.41) is 2.80. The maximum atomic E-state index is 13.6. The molecule has 110 valence electrons. The van der Waals surface area contributed by atoms with E-state index in [9.17, 15) is 9.18 Å². The Morgan fingerprint density at radius 2 is 1.95 bits per heavy atom. The summed E-state index contributed by atoms with van der Waals surface area (Å²) >= 11 is 3.22. The lowest BCUT2D eigenvalue weighted by Gasteiger charge is -2.19. The van der Waals surface area contributed by atoms with Crippen molar-refractivity contribution in [2.24, 2.45) is 0 Å². The summed E-state index contributed by atoms with van der Waals surface area (Å²) in [6, 6.07) is 4.55. The van der Waals surface area contributed by atoms with Crippen LogP contribution in [0.1, 0.15) is 36.0 Å². The molecule has 1 aliphatic rings. The quantitative estimate of drug-likeness (QED) is 0.911. The zero-order chi connectivity index (χ0) is 14.4. The number of carbonyl (C=O) groups excluding carboxylic acids is 1. The highest BCUT2D eigenvalue weighted by Gasteiger charge is 2.15. The summed E-state index contributed by atoms with van der Waals surface area (Å²) in [5.41, 5.74) is 0.0865. The molecule has 1 aromatic rings.